The molecule has 0 fully saturated rings. The van der Waals surface area contributed by atoms with Crippen molar-refractivity contribution in [2.45, 2.75) is 5.75 Å². The minimum absolute atomic E-state index is 0.357. The van der Waals surface area contributed by atoms with Gasteiger partial charge in [-0.15, -0.1) is 0 Å². The van der Waals surface area contributed by atoms with Gasteiger partial charge in [0.15, 0.2) is 0 Å². The molecule has 0 aromatic heterocycles. The first-order valence-corrected chi connectivity index (χ1v) is 4.71. The van der Waals surface area contributed by atoms with Crippen LogP contribution in [-0.2, 0) is 5.75 Å². The summed E-state index contributed by atoms with van der Waals surface area (Å²) >= 11 is 6.76. The van der Waals surface area contributed by atoms with Gasteiger partial charge in [0.05, 0.1) is 0 Å². The van der Waals surface area contributed by atoms with Crippen molar-refractivity contribution in [1.82, 2.24) is 0 Å². The van der Waals surface area contributed by atoms with E-state index in [0.717, 1.165) is 17.3 Å². The maximum Gasteiger partial charge on any atom is 0.276 e. The molecule has 0 unspecified atom stereocenters. The van der Waals surface area contributed by atoms with Gasteiger partial charge in [-0.25, -0.2) is 0 Å². The molecule has 0 bridgehead atoms. The first-order chi connectivity index (χ1) is 5.68. The van der Waals surface area contributed by atoms with Crippen LogP contribution in [0.25, 0.3) is 0 Å². The molecule has 12 heavy (non-hydrogen) atoms. The molecule has 0 aliphatic heterocycles. The Kier molecular flexibility index (Phi) is 3.44. The monoisotopic (exact) mass is 201 g/mol. The van der Waals surface area contributed by atoms with Crippen molar-refractivity contribution in [3.05, 3.63) is 34.9 Å². The van der Waals surface area contributed by atoms with E-state index in [-0.39, 0.29) is 5.24 Å². The number of carbonyl (C=O) groups is 1. The van der Waals surface area contributed by atoms with E-state index < -0.39 is 0 Å². The fourth-order valence-corrected chi connectivity index (χ4v) is 1.36. The van der Waals surface area contributed by atoms with Gasteiger partial charge < -0.3 is 5.73 Å². The maximum absolute atomic E-state index is 10.4. The van der Waals surface area contributed by atoms with Crippen LogP contribution in [0.2, 0.25) is 5.02 Å². The minimum atomic E-state index is -0.357. The summed E-state index contributed by atoms with van der Waals surface area (Å²) in [5.74, 6) is 0.604. The molecule has 2 nitrogen and oxygen atoms in total. The second-order valence-electron chi connectivity index (χ2n) is 2.23. The van der Waals surface area contributed by atoms with Crippen LogP contribution < -0.4 is 5.73 Å². The van der Waals surface area contributed by atoms with Crippen molar-refractivity contribution in [1.29, 1.82) is 0 Å². The van der Waals surface area contributed by atoms with E-state index in [0.29, 0.717) is 10.8 Å². The van der Waals surface area contributed by atoms with Gasteiger partial charge in [0.25, 0.3) is 5.24 Å². The van der Waals surface area contributed by atoms with Crippen molar-refractivity contribution < 1.29 is 4.79 Å². The van der Waals surface area contributed by atoms with Crippen LogP contribution in [0.1, 0.15) is 5.56 Å². The van der Waals surface area contributed by atoms with Gasteiger partial charge in [0.1, 0.15) is 0 Å². The lowest BCUT2D eigenvalue weighted by Gasteiger charge is -1.97. The average molecular weight is 202 g/mol. The molecule has 1 aromatic rings. The Labute approximate surface area is 80.1 Å². The number of hydrogen-bond donors (Lipinski definition) is 1. The van der Waals surface area contributed by atoms with Crippen molar-refractivity contribution in [3.63, 3.8) is 0 Å². The highest BCUT2D eigenvalue weighted by molar-refractivity contribution is 8.12. The van der Waals surface area contributed by atoms with E-state index >= 15 is 0 Å². The number of nitrogens with two attached hydrogens (primary N) is 1. The van der Waals surface area contributed by atoms with E-state index in [1.165, 1.54) is 0 Å². The number of rotatable bonds is 2. The summed E-state index contributed by atoms with van der Waals surface area (Å²) in [6.07, 6.45) is 0. The number of benzene rings is 1. The average Bonchev–Trinajstić information content (AvgIpc) is 2.03. The Hall–Kier alpha value is -0.670. The fraction of sp³-hybridized carbons (Fsp3) is 0.125. The van der Waals surface area contributed by atoms with E-state index in [9.17, 15) is 4.79 Å². The molecule has 0 aliphatic carbocycles. The molecule has 0 radical (unpaired) electrons. The van der Waals surface area contributed by atoms with Gasteiger partial charge >= 0.3 is 0 Å². The predicted molar refractivity (Wildman–Crippen MR) is 52.3 cm³/mol. The number of hydrogen-bond acceptors (Lipinski definition) is 2. The first kappa shape index (κ1) is 9.42. The summed E-state index contributed by atoms with van der Waals surface area (Å²) in [5, 5.41) is 0.341. The molecule has 0 spiro atoms. The highest BCUT2D eigenvalue weighted by Gasteiger charge is 1.96. The number of carbonyl (C=O) groups excluding carboxylic acids is 1. The van der Waals surface area contributed by atoms with Crippen LogP contribution in [0.5, 0.6) is 0 Å². The number of thioether (sulfide) groups is 1. The summed E-state index contributed by atoms with van der Waals surface area (Å²) in [6, 6.07) is 7.33. The summed E-state index contributed by atoms with van der Waals surface area (Å²) in [5.41, 5.74) is 6.01. The van der Waals surface area contributed by atoms with Gasteiger partial charge in [0, 0.05) is 10.8 Å². The van der Waals surface area contributed by atoms with Gasteiger partial charge in [-0.05, 0) is 17.7 Å². The Morgan fingerprint density at radius 3 is 2.50 bits per heavy atom. The van der Waals surface area contributed by atoms with Gasteiger partial charge in [-0.3, -0.25) is 4.79 Å². The molecule has 1 aromatic carbocycles. The summed E-state index contributed by atoms with van der Waals surface area (Å²) in [4.78, 5) is 10.4. The van der Waals surface area contributed by atoms with Gasteiger partial charge in [-0.1, -0.05) is 35.5 Å². The number of halogens is 1. The Bertz CT molecular complexity index is 273. The molecule has 4 heteroatoms. The lowest BCUT2D eigenvalue weighted by Crippen LogP contribution is -2.02. The summed E-state index contributed by atoms with van der Waals surface area (Å²) in [6.45, 7) is 0. The van der Waals surface area contributed by atoms with Crippen molar-refractivity contribution in [3.8, 4) is 0 Å². The molecular formula is C8H8ClNOS. The zero-order chi connectivity index (χ0) is 8.97. The second kappa shape index (κ2) is 4.38. The SMILES string of the molecule is NC(=O)SCc1ccc(Cl)cc1. The Morgan fingerprint density at radius 1 is 1.42 bits per heavy atom. The van der Waals surface area contributed by atoms with Gasteiger partial charge in [-0.2, -0.15) is 0 Å². The fourth-order valence-electron chi connectivity index (χ4n) is 0.735. The Morgan fingerprint density at radius 2 is 2.00 bits per heavy atom. The molecule has 0 heterocycles. The molecule has 64 valence electrons. The summed E-state index contributed by atoms with van der Waals surface area (Å²) in [7, 11) is 0. The van der Waals surface area contributed by atoms with Crippen LogP contribution in [0.3, 0.4) is 0 Å². The first-order valence-electron chi connectivity index (χ1n) is 3.35. The highest BCUT2D eigenvalue weighted by Crippen LogP contribution is 2.14. The second-order valence-corrected chi connectivity index (χ2v) is 3.65. The van der Waals surface area contributed by atoms with E-state index in [4.69, 9.17) is 17.3 Å². The van der Waals surface area contributed by atoms with Crippen molar-refractivity contribution in [2.75, 3.05) is 0 Å². The molecule has 2 N–H and O–H groups in total. The summed E-state index contributed by atoms with van der Waals surface area (Å²) < 4.78 is 0. The molecule has 0 aliphatic rings. The van der Waals surface area contributed by atoms with E-state index in [2.05, 4.69) is 0 Å². The third-order valence-electron chi connectivity index (χ3n) is 1.29. The smallest absolute Gasteiger partial charge is 0.276 e. The molecular weight excluding hydrogens is 194 g/mol. The van der Waals surface area contributed by atoms with Crippen LogP contribution >= 0.6 is 23.4 Å². The minimum Gasteiger partial charge on any atom is -0.361 e. The maximum atomic E-state index is 10.4. The van der Waals surface area contributed by atoms with Gasteiger partial charge in [0.2, 0.25) is 0 Å². The molecule has 1 amide bonds. The Balaban J connectivity index is 2.53. The molecule has 0 atom stereocenters. The highest BCUT2D eigenvalue weighted by atomic mass is 35.5. The number of primary amides is 1. The normalized spacial score (nSPS) is 9.75. The largest absolute Gasteiger partial charge is 0.361 e. The third-order valence-corrected chi connectivity index (χ3v) is 2.31. The van der Waals surface area contributed by atoms with Crippen molar-refractivity contribution >= 4 is 28.6 Å². The zero-order valence-electron chi connectivity index (χ0n) is 6.29. The lowest BCUT2D eigenvalue weighted by atomic mass is 10.2. The van der Waals surface area contributed by atoms with Crippen LogP contribution in [0.15, 0.2) is 24.3 Å². The van der Waals surface area contributed by atoms with Crippen LogP contribution in [0.4, 0.5) is 4.79 Å². The van der Waals surface area contributed by atoms with E-state index in [1.54, 1.807) is 12.1 Å². The standard InChI is InChI=1S/C8H8ClNOS/c9-7-3-1-6(2-4-7)5-12-8(10)11/h1-4H,5H2,(H2,10,11). The third kappa shape index (κ3) is 3.15. The predicted octanol–water partition coefficient (Wildman–Crippen LogP) is 2.65. The van der Waals surface area contributed by atoms with Crippen LogP contribution in [-0.4, -0.2) is 5.24 Å². The van der Waals surface area contributed by atoms with E-state index in [1.807, 2.05) is 12.1 Å². The zero-order valence-corrected chi connectivity index (χ0v) is 7.86. The molecule has 1 rings (SSSR count). The number of amides is 1. The van der Waals surface area contributed by atoms with Crippen LogP contribution in [0, 0.1) is 0 Å². The quantitative estimate of drug-likeness (QED) is 0.800. The molecule has 0 saturated heterocycles. The van der Waals surface area contributed by atoms with Crippen molar-refractivity contribution in [2.24, 2.45) is 5.73 Å². The molecule has 0 saturated carbocycles. The topological polar surface area (TPSA) is 43.1 Å². The lowest BCUT2D eigenvalue weighted by molar-refractivity contribution is 0.267.